The first kappa shape index (κ1) is 18.3. The normalized spacial score (nSPS) is 15.0. The van der Waals surface area contributed by atoms with Gasteiger partial charge < -0.3 is 10.2 Å². The van der Waals surface area contributed by atoms with Gasteiger partial charge in [-0.15, -0.1) is 0 Å². The molecule has 0 bridgehead atoms. The van der Waals surface area contributed by atoms with Gasteiger partial charge in [-0.1, -0.05) is 26.2 Å². The van der Waals surface area contributed by atoms with Gasteiger partial charge >= 0.3 is 0 Å². The smallest absolute Gasteiger partial charge is 0.0107 e. The largest absolute Gasteiger partial charge is 0.313 e. The predicted molar refractivity (Wildman–Crippen MR) is 86.7 cm³/mol. The summed E-state index contributed by atoms with van der Waals surface area (Å²) in [6.45, 7) is 9.19. The molecule has 2 unspecified atom stereocenters. The molecule has 0 spiro atoms. The molecule has 0 aromatic heterocycles. The molecule has 0 amide bonds. The molecule has 3 heteroatoms. The minimum atomic E-state index is 0.673. The summed E-state index contributed by atoms with van der Waals surface area (Å²) in [6, 6.07) is 1.38. The van der Waals surface area contributed by atoms with Gasteiger partial charge in [0.15, 0.2) is 0 Å². The van der Waals surface area contributed by atoms with E-state index in [-0.39, 0.29) is 0 Å². The van der Waals surface area contributed by atoms with E-state index in [1.165, 1.54) is 37.9 Å². The molecule has 0 aliphatic rings. The molecule has 2 nitrogen and oxygen atoms in total. The lowest BCUT2D eigenvalue weighted by molar-refractivity contribution is 0.249. The van der Waals surface area contributed by atoms with Crippen molar-refractivity contribution in [2.45, 2.75) is 65.0 Å². The summed E-state index contributed by atoms with van der Waals surface area (Å²) in [4.78, 5) is 2.47. The average Bonchev–Trinajstić information content (AvgIpc) is 2.36. The van der Waals surface area contributed by atoms with E-state index in [0.29, 0.717) is 12.1 Å². The zero-order valence-electron chi connectivity index (χ0n) is 13.2. The molecule has 2 atom stereocenters. The summed E-state index contributed by atoms with van der Waals surface area (Å²) in [5.74, 6) is 1.27. The van der Waals surface area contributed by atoms with E-state index < -0.39 is 0 Å². The molecular formula is C15H34N2S. The third kappa shape index (κ3) is 10.2. The molecule has 0 aliphatic heterocycles. The van der Waals surface area contributed by atoms with E-state index in [4.69, 9.17) is 0 Å². The molecule has 0 rings (SSSR count). The molecule has 0 radical (unpaired) electrons. The van der Waals surface area contributed by atoms with Crippen molar-refractivity contribution in [1.82, 2.24) is 10.2 Å². The maximum atomic E-state index is 3.64. The summed E-state index contributed by atoms with van der Waals surface area (Å²) in [6.07, 6.45) is 8.86. The molecule has 0 saturated heterocycles. The Kier molecular flexibility index (Phi) is 12.5. The molecule has 1 N–H and O–H groups in total. The molecule has 0 fully saturated rings. The van der Waals surface area contributed by atoms with Gasteiger partial charge in [0.2, 0.25) is 0 Å². The summed E-state index contributed by atoms with van der Waals surface area (Å²) in [5, 5.41) is 3.64. The minimum absolute atomic E-state index is 0.673. The Balaban J connectivity index is 3.50. The second kappa shape index (κ2) is 12.3. The van der Waals surface area contributed by atoms with Gasteiger partial charge in [-0.05, 0) is 45.7 Å². The van der Waals surface area contributed by atoms with Gasteiger partial charge in [0.25, 0.3) is 0 Å². The van der Waals surface area contributed by atoms with Crippen LogP contribution in [0.2, 0.25) is 0 Å². The molecule has 0 aromatic carbocycles. The fraction of sp³-hybridized carbons (Fsp3) is 1.00. The second-order valence-corrected chi connectivity index (χ2v) is 6.45. The van der Waals surface area contributed by atoms with Gasteiger partial charge in [0.05, 0.1) is 0 Å². The van der Waals surface area contributed by atoms with Gasteiger partial charge in [-0.3, -0.25) is 0 Å². The summed E-state index contributed by atoms with van der Waals surface area (Å²) in [5.41, 5.74) is 0. The highest BCUT2D eigenvalue weighted by Crippen LogP contribution is 2.06. The lowest BCUT2D eigenvalue weighted by Crippen LogP contribution is -2.38. The van der Waals surface area contributed by atoms with Crippen molar-refractivity contribution in [3.63, 3.8) is 0 Å². The molecule has 0 heterocycles. The van der Waals surface area contributed by atoms with Crippen molar-refractivity contribution in [2.75, 3.05) is 32.1 Å². The van der Waals surface area contributed by atoms with E-state index in [1.54, 1.807) is 0 Å². The first-order chi connectivity index (χ1) is 8.61. The Morgan fingerprint density at radius 2 is 1.89 bits per heavy atom. The van der Waals surface area contributed by atoms with Crippen LogP contribution in [0.25, 0.3) is 0 Å². The van der Waals surface area contributed by atoms with E-state index in [2.05, 4.69) is 44.3 Å². The molecule has 18 heavy (non-hydrogen) atoms. The highest BCUT2D eigenvalue weighted by molar-refractivity contribution is 7.98. The Bertz CT molecular complexity index is 176. The first-order valence-corrected chi connectivity index (χ1v) is 8.93. The number of nitrogens with zero attached hydrogens (tertiary/aromatic N) is 1. The van der Waals surface area contributed by atoms with Crippen molar-refractivity contribution < 1.29 is 0 Å². The van der Waals surface area contributed by atoms with Gasteiger partial charge in [0, 0.05) is 25.2 Å². The van der Waals surface area contributed by atoms with Crippen LogP contribution in [0, 0.1) is 0 Å². The van der Waals surface area contributed by atoms with E-state index >= 15 is 0 Å². The van der Waals surface area contributed by atoms with Crippen molar-refractivity contribution in [2.24, 2.45) is 0 Å². The number of hydrogen-bond donors (Lipinski definition) is 1. The first-order valence-electron chi connectivity index (χ1n) is 7.54. The third-order valence-electron chi connectivity index (χ3n) is 3.69. The van der Waals surface area contributed by atoms with E-state index in [1.807, 2.05) is 11.8 Å². The number of rotatable bonds is 12. The van der Waals surface area contributed by atoms with Crippen LogP contribution >= 0.6 is 11.8 Å². The van der Waals surface area contributed by atoms with Crippen LogP contribution in [0.5, 0.6) is 0 Å². The van der Waals surface area contributed by atoms with Gasteiger partial charge in [0.1, 0.15) is 0 Å². The van der Waals surface area contributed by atoms with Gasteiger partial charge in [-0.25, -0.2) is 0 Å². The number of thioether (sulfide) groups is 1. The Labute approximate surface area is 119 Å². The molecule has 0 saturated carbocycles. The second-order valence-electron chi connectivity index (χ2n) is 5.46. The van der Waals surface area contributed by atoms with Crippen LogP contribution in [0.3, 0.4) is 0 Å². The van der Waals surface area contributed by atoms with Crippen LogP contribution in [0.4, 0.5) is 0 Å². The van der Waals surface area contributed by atoms with Crippen LogP contribution in [-0.2, 0) is 0 Å². The standard InChI is InChI=1S/C15H34N2S/c1-6-7-8-9-14(2)16-11-12-17(4)15(3)10-13-18-5/h14-16H,6-13H2,1-5H3. The van der Waals surface area contributed by atoms with Crippen molar-refractivity contribution in [1.29, 1.82) is 0 Å². The Morgan fingerprint density at radius 3 is 2.50 bits per heavy atom. The highest BCUT2D eigenvalue weighted by Gasteiger charge is 2.08. The monoisotopic (exact) mass is 274 g/mol. The SMILES string of the molecule is CCCCCC(C)NCCN(C)C(C)CCSC. The fourth-order valence-corrected chi connectivity index (χ4v) is 2.60. The van der Waals surface area contributed by atoms with E-state index in [9.17, 15) is 0 Å². The third-order valence-corrected chi connectivity index (χ3v) is 4.33. The lowest BCUT2D eigenvalue weighted by atomic mass is 10.1. The van der Waals surface area contributed by atoms with Crippen molar-refractivity contribution in [3.05, 3.63) is 0 Å². The zero-order chi connectivity index (χ0) is 13.8. The quantitative estimate of drug-likeness (QED) is 0.547. The molecular weight excluding hydrogens is 240 g/mol. The highest BCUT2D eigenvalue weighted by atomic mass is 32.2. The number of likely N-dealkylation sites (N-methyl/N-ethyl adjacent to an activating group) is 1. The Hall–Kier alpha value is 0.270. The van der Waals surface area contributed by atoms with Crippen LogP contribution in [0.1, 0.15) is 52.9 Å². The average molecular weight is 275 g/mol. The maximum Gasteiger partial charge on any atom is 0.0107 e. The van der Waals surface area contributed by atoms with Crippen LogP contribution < -0.4 is 5.32 Å². The predicted octanol–water partition coefficient (Wildman–Crippen LogP) is 3.62. The van der Waals surface area contributed by atoms with Crippen molar-refractivity contribution in [3.8, 4) is 0 Å². The molecule has 0 aliphatic carbocycles. The fourth-order valence-electron chi connectivity index (χ4n) is 2.02. The summed E-state index contributed by atoms with van der Waals surface area (Å²) in [7, 11) is 2.24. The summed E-state index contributed by atoms with van der Waals surface area (Å²) >= 11 is 1.95. The topological polar surface area (TPSA) is 15.3 Å². The number of unbranched alkanes of at least 4 members (excludes halogenated alkanes) is 2. The van der Waals surface area contributed by atoms with Crippen molar-refractivity contribution >= 4 is 11.8 Å². The number of nitrogens with one attached hydrogen (secondary N) is 1. The van der Waals surface area contributed by atoms with Crippen LogP contribution in [-0.4, -0.2) is 49.1 Å². The Morgan fingerprint density at radius 1 is 1.17 bits per heavy atom. The molecule has 0 aromatic rings. The van der Waals surface area contributed by atoms with E-state index in [0.717, 1.165) is 13.1 Å². The minimum Gasteiger partial charge on any atom is -0.313 e. The van der Waals surface area contributed by atoms with Crippen LogP contribution in [0.15, 0.2) is 0 Å². The maximum absolute atomic E-state index is 3.64. The number of hydrogen-bond acceptors (Lipinski definition) is 3. The van der Waals surface area contributed by atoms with Gasteiger partial charge in [-0.2, -0.15) is 11.8 Å². The zero-order valence-corrected chi connectivity index (χ0v) is 14.0. The summed E-state index contributed by atoms with van der Waals surface area (Å²) < 4.78 is 0. The molecule has 110 valence electrons. The lowest BCUT2D eigenvalue weighted by Gasteiger charge is -2.25.